The van der Waals surface area contributed by atoms with Crippen molar-refractivity contribution in [1.82, 2.24) is 15.2 Å². The zero-order valence-electron chi connectivity index (χ0n) is 12.6. The molecule has 2 N–H and O–H groups in total. The van der Waals surface area contributed by atoms with Gasteiger partial charge >= 0.3 is 0 Å². The molecule has 2 aliphatic rings. The number of aliphatic hydroxyl groups excluding tert-OH is 1. The molecule has 0 bridgehead atoms. The average molecular weight is 369 g/mol. The first kappa shape index (κ1) is 15.7. The molecule has 2 fully saturated rings. The third-order valence-electron chi connectivity index (χ3n) is 4.45. The maximum atomic E-state index is 12.7. The SMILES string of the molecule is CC1(C(=O)N2CCN(c3ccc(Br)cn3)CC2)CC(O)CN1. The maximum absolute atomic E-state index is 12.7. The lowest BCUT2D eigenvalue weighted by Crippen LogP contribution is -2.58. The van der Waals surface area contributed by atoms with E-state index in [2.05, 4.69) is 31.1 Å². The number of piperazine rings is 1. The number of carbonyl (C=O) groups excluding carboxylic acids is 1. The van der Waals surface area contributed by atoms with Gasteiger partial charge in [0, 0.05) is 49.8 Å². The van der Waals surface area contributed by atoms with Gasteiger partial charge in [0.2, 0.25) is 5.91 Å². The summed E-state index contributed by atoms with van der Waals surface area (Å²) in [5, 5.41) is 12.8. The molecule has 0 saturated carbocycles. The number of aliphatic hydroxyl groups is 1. The van der Waals surface area contributed by atoms with Gasteiger partial charge in [-0.15, -0.1) is 0 Å². The standard InChI is InChI=1S/C15H21BrN4O2/c1-15(8-12(21)10-18-15)14(22)20-6-4-19(5-7-20)13-3-2-11(16)9-17-13/h2-3,9,12,18,21H,4-8,10H2,1H3. The molecule has 120 valence electrons. The Hall–Kier alpha value is -1.18. The van der Waals surface area contributed by atoms with Gasteiger partial charge in [-0.05, 0) is 35.0 Å². The number of halogens is 1. The third kappa shape index (κ3) is 3.11. The van der Waals surface area contributed by atoms with Crippen molar-refractivity contribution in [2.24, 2.45) is 0 Å². The van der Waals surface area contributed by atoms with E-state index in [1.54, 1.807) is 6.20 Å². The van der Waals surface area contributed by atoms with Crippen molar-refractivity contribution in [3.05, 3.63) is 22.8 Å². The lowest BCUT2D eigenvalue weighted by Gasteiger charge is -2.39. The Morgan fingerprint density at radius 1 is 1.41 bits per heavy atom. The summed E-state index contributed by atoms with van der Waals surface area (Å²) < 4.78 is 0.962. The molecule has 6 nitrogen and oxygen atoms in total. The summed E-state index contributed by atoms with van der Waals surface area (Å²) >= 11 is 3.39. The first-order valence-corrected chi connectivity index (χ1v) is 8.36. The number of amides is 1. The molecule has 0 aromatic carbocycles. The van der Waals surface area contributed by atoms with E-state index in [1.165, 1.54) is 0 Å². The molecule has 2 atom stereocenters. The first-order valence-electron chi connectivity index (χ1n) is 7.57. The second kappa shape index (κ2) is 6.14. The molecule has 2 unspecified atom stereocenters. The zero-order valence-corrected chi connectivity index (χ0v) is 14.2. The largest absolute Gasteiger partial charge is 0.392 e. The molecular weight excluding hydrogens is 348 g/mol. The Labute approximate surface area is 138 Å². The second-order valence-corrected chi connectivity index (χ2v) is 7.10. The number of nitrogens with zero attached hydrogens (tertiary/aromatic N) is 3. The van der Waals surface area contributed by atoms with Crippen LogP contribution in [-0.4, -0.2) is 65.3 Å². The monoisotopic (exact) mass is 368 g/mol. The van der Waals surface area contributed by atoms with Crippen LogP contribution in [0.1, 0.15) is 13.3 Å². The van der Waals surface area contributed by atoms with E-state index in [9.17, 15) is 9.90 Å². The van der Waals surface area contributed by atoms with Crippen molar-refractivity contribution in [3.8, 4) is 0 Å². The second-order valence-electron chi connectivity index (χ2n) is 6.18. The maximum Gasteiger partial charge on any atom is 0.242 e. The van der Waals surface area contributed by atoms with Gasteiger partial charge in [-0.2, -0.15) is 0 Å². The van der Waals surface area contributed by atoms with Crippen LogP contribution in [0.15, 0.2) is 22.8 Å². The van der Waals surface area contributed by atoms with E-state index in [0.717, 1.165) is 23.4 Å². The topological polar surface area (TPSA) is 68.7 Å². The fraction of sp³-hybridized carbons (Fsp3) is 0.600. The summed E-state index contributed by atoms with van der Waals surface area (Å²) in [4.78, 5) is 21.1. The van der Waals surface area contributed by atoms with Gasteiger partial charge in [0.15, 0.2) is 0 Å². The van der Waals surface area contributed by atoms with E-state index >= 15 is 0 Å². The first-order chi connectivity index (χ1) is 10.5. The minimum absolute atomic E-state index is 0.0902. The molecular formula is C15H21BrN4O2. The number of hydrogen-bond acceptors (Lipinski definition) is 5. The van der Waals surface area contributed by atoms with Crippen LogP contribution in [0.25, 0.3) is 0 Å². The highest BCUT2D eigenvalue weighted by molar-refractivity contribution is 9.10. The fourth-order valence-electron chi connectivity index (χ4n) is 3.16. The summed E-state index contributed by atoms with van der Waals surface area (Å²) in [5.41, 5.74) is -0.628. The van der Waals surface area contributed by atoms with Crippen LogP contribution in [0.5, 0.6) is 0 Å². The number of nitrogens with one attached hydrogen (secondary N) is 1. The predicted molar refractivity (Wildman–Crippen MR) is 87.8 cm³/mol. The lowest BCUT2D eigenvalue weighted by molar-refractivity contribution is -0.137. The molecule has 0 spiro atoms. The number of anilines is 1. The Morgan fingerprint density at radius 3 is 2.68 bits per heavy atom. The van der Waals surface area contributed by atoms with Crippen LogP contribution in [0.4, 0.5) is 5.82 Å². The molecule has 3 heterocycles. The van der Waals surface area contributed by atoms with Gasteiger partial charge in [-0.1, -0.05) is 0 Å². The number of β-amino-alcohol motifs (C(OH)–C–C–N with tert-alkyl or cyclic N) is 1. The number of carbonyl (C=O) groups is 1. The quantitative estimate of drug-likeness (QED) is 0.800. The Kier molecular flexibility index (Phi) is 4.38. The van der Waals surface area contributed by atoms with Crippen LogP contribution in [-0.2, 0) is 4.79 Å². The fourth-order valence-corrected chi connectivity index (χ4v) is 3.40. The van der Waals surface area contributed by atoms with E-state index in [0.29, 0.717) is 26.1 Å². The number of aromatic nitrogens is 1. The predicted octanol–water partition coefficient (Wildman–Crippen LogP) is 0.606. The Balaban J connectivity index is 1.59. The molecule has 0 radical (unpaired) electrons. The van der Waals surface area contributed by atoms with Crippen molar-refractivity contribution >= 4 is 27.7 Å². The molecule has 1 aromatic rings. The average Bonchev–Trinajstić information content (AvgIpc) is 2.88. The molecule has 1 aromatic heterocycles. The van der Waals surface area contributed by atoms with Gasteiger partial charge in [-0.3, -0.25) is 4.79 Å². The minimum Gasteiger partial charge on any atom is -0.392 e. The summed E-state index contributed by atoms with van der Waals surface area (Å²) in [6.45, 7) is 5.30. The highest BCUT2D eigenvalue weighted by atomic mass is 79.9. The summed E-state index contributed by atoms with van der Waals surface area (Å²) in [7, 11) is 0. The number of hydrogen-bond donors (Lipinski definition) is 2. The van der Waals surface area contributed by atoms with Gasteiger partial charge in [0.25, 0.3) is 0 Å². The molecule has 1 amide bonds. The van der Waals surface area contributed by atoms with Gasteiger partial charge in [-0.25, -0.2) is 4.98 Å². The highest BCUT2D eigenvalue weighted by Gasteiger charge is 2.43. The van der Waals surface area contributed by atoms with Crippen molar-refractivity contribution in [2.75, 3.05) is 37.6 Å². The summed E-state index contributed by atoms with van der Waals surface area (Å²) in [6.07, 6.45) is 1.85. The minimum atomic E-state index is -0.628. The van der Waals surface area contributed by atoms with Crippen molar-refractivity contribution < 1.29 is 9.90 Å². The molecule has 7 heteroatoms. The van der Waals surface area contributed by atoms with Gasteiger partial charge in [0.1, 0.15) is 5.82 Å². The van der Waals surface area contributed by atoms with Crippen molar-refractivity contribution in [3.63, 3.8) is 0 Å². The molecule has 0 aliphatic carbocycles. The molecule has 3 rings (SSSR count). The Bertz CT molecular complexity index is 545. The van der Waals surface area contributed by atoms with E-state index in [-0.39, 0.29) is 5.91 Å². The number of pyridine rings is 1. The third-order valence-corrected chi connectivity index (χ3v) is 4.92. The smallest absolute Gasteiger partial charge is 0.242 e. The normalized spacial score (nSPS) is 29.0. The highest BCUT2D eigenvalue weighted by Crippen LogP contribution is 2.23. The summed E-state index contributed by atoms with van der Waals surface area (Å²) in [5.74, 6) is 1.03. The van der Waals surface area contributed by atoms with Crippen molar-refractivity contribution in [1.29, 1.82) is 0 Å². The van der Waals surface area contributed by atoms with E-state index in [1.807, 2.05) is 24.0 Å². The van der Waals surface area contributed by atoms with E-state index in [4.69, 9.17) is 0 Å². The van der Waals surface area contributed by atoms with Crippen LogP contribution in [0.2, 0.25) is 0 Å². The molecule has 2 saturated heterocycles. The zero-order chi connectivity index (χ0) is 15.7. The molecule has 2 aliphatic heterocycles. The lowest BCUT2D eigenvalue weighted by atomic mass is 9.97. The van der Waals surface area contributed by atoms with Gasteiger partial charge in [0.05, 0.1) is 11.6 Å². The molecule has 22 heavy (non-hydrogen) atoms. The van der Waals surface area contributed by atoms with E-state index < -0.39 is 11.6 Å². The van der Waals surface area contributed by atoms with Crippen LogP contribution >= 0.6 is 15.9 Å². The van der Waals surface area contributed by atoms with Gasteiger partial charge < -0.3 is 20.2 Å². The van der Waals surface area contributed by atoms with Crippen LogP contribution in [0.3, 0.4) is 0 Å². The van der Waals surface area contributed by atoms with Crippen LogP contribution < -0.4 is 10.2 Å². The number of rotatable bonds is 2. The summed E-state index contributed by atoms with van der Waals surface area (Å²) in [6, 6.07) is 3.96. The Morgan fingerprint density at radius 2 is 2.14 bits per heavy atom. The van der Waals surface area contributed by atoms with Crippen LogP contribution in [0, 0.1) is 0 Å². The van der Waals surface area contributed by atoms with Crippen molar-refractivity contribution in [2.45, 2.75) is 25.0 Å².